The Morgan fingerprint density at radius 2 is 1.89 bits per heavy atom. The van der Waals surface area contributed by atoms with Crippen LogP contribution in [0.15, 0.2) is 0 Å². The first-order chi connectivity index (χ1) is 4.31. The van der Waals surface area contributed by atoms with E-state index < -0.39 is 0 Å². The Bertz CT molecular complexity index is 54.9. The molecule has 1 unspecified atom stereocenters. The number of hydrogen-bond donors (Lipinski definition) is 2. The molecule has 0 aliphatic carbocycles. The molecule has 0 amide bonds. The average Bonchev–Trinajstić information content (AvgIpc) is 1.89. The molecule has 0 saturated heterocycles. The molecule has 56 valence electrons. The van der Waals surface area contributed by atoms with E-state index in [-0.39, 0.29) is 0 Å². The van der Waals surface area contributed by atoms with Crippen LogP contribution in [0, 0.1) is 5.92 Å². The summed E-state index contributed by atoms with van der Waals surface area (Å²) in [6.07, 6.45) is 1.25. The molecule has 0 rings (SSSR count). The maximum Gasteiger partial charge on any atom is 0.0125 e. The van der Waals surface area contributed by atoms with E-state index in [1.165, 1.54) is 6.42 Å². The highest BCUT2D eigenvalue weighted by Gasteiger charge is 1.94. The Morgan fingerprint density at radius 3 is 2.33 bits per heavy atom. The third-order valence-electron chi connectivity index (χ3n) is 1.45. The van der Waals surface area contributed by atoms with Crippen molar-refractivity contribution >= 4 is 0 Å². The second-order valence-electron chi connectivity index (χ2n) is 2.42. The predicted molar refractivity (Wildman–Crippen MR) is 41.1 cm³/mol. The van der Waals surface area contributed by atoms with Crippen LogP contribution in [0.3, 0.4) is 0 Å². The first-order valence-corrected chi connectivity index (χ1v) is 3.77. The molecule has 2 N–H and O–H groups in total. The normalized spacial score (nSPS) is 13.7. The lowest BCUT2D eigenvalue weighted by atomic mass is 10.1. The molecule has 0 aromatic carbocycles. The lowest BCUT2D eigenvalue weighted by molar-refractivity contribution is 0.449. The van der Waals surface area contributed by atoms with Gasteiger partial charge in [0.05, 0.1) is 0 Å². The van der Waals surface area contributed by atoms with E-state index in [0.29, 0.717) is 0 Å². The van der Waals surface area contributed by atoms with Gasteiger partial charge >= 0.3 is 0 Å². The third kappa shape index (κ3) is 5.80. The van der Waals surface area contributed by atoms with Gasteiger partial charge in [0, 0.05) is 13.1 Å². The zero-order valence-electron chi connectivity index (χ0n) is 6.70. The fraction of sp³-hybridized carbons (Fsp3) is 1.00. The van der Waals surface area contributed by atoms with Crippen LogP contribution in [0.1, 0.15) is 27.2 Å². The van der Waals surface area contributed by atoms with E-state index in [9.17, 15) is 0 Å². The number of rotatable bonds is 5. The molecule has 9 heavy (non-hydrogen) atoms. The van der Waals surface area contributed by atoms with Crippen molar-refractivity contribution in [3.63, 3.8) is 0 Å². The van der Waals surface area contributed by atoms with Crippen molar-refractivity contribution < 1.29 is 0 Å². The molecule has 0 heterocycles. The topological polar surface area (TPSA) is 24.1 Å². The molecule has 1 atom stereocenters. The van der Waals surface area contributed by atoms with Gasteiger partial charge in [-0.2, -0.15) is 0 Å². The van der Waals surface area contributed by atoms with Crippen LogP contribution in [-0.4, -0.2) is 13.1 Å². The first kappa shape index (κ1) is 8.92. The van der Waals surface area contributed by atoms with Crippen LogP contribution in [0.4, 0.5) is 0 Å². The highest BCUT2D eigenvalue weighted by Crippen LogP contribution is 1.95. The van der Waals surface area contributed by atoms with Gasteiger partial charge in [0.15, 0.2) is 0 Å². The van der Waals surface area contributed by atoms with Crippen LogP contribution in [0.25, 0.3) is 0 Å². The van der Waals surface area contributed by atoms with Crippen LogP contribution in [-0.2, 0) is 0 Å². The number of nitrogens with one attached hydrogen (secondary N) is 2. The molecule has 0 aliphatic heterocycles. The van der Waals surface area contributed by atoms with Crippen molar-refractivity contribution in [2.75, 3.05) is 13.1 Å². The van der Waals surface area contributed by atoms with Gasteiger partial charge in [0.25, 0.3) is 0 Å². The zero-order valence-corrected chi connectivity index (χ0v) is 6.70. The molecule has 0 bridgehead atoms. The van der Waals surface area contributed by atoms with Crippen molar-refractivity contribution in [2.24, 2.45) is 5.92 Å². The van der Waals surface area contributed by atoms with Crippen LogP contribution in [0.5, 0.6) is 0 Å². The molecule has 2 heteroatoms. The van der Waals surface area contributed by atoms with E-state index in [1.807, 2.05) is 0 Å². The predicted octanol–water partition coefficient (Wildman–Crippen LogP) is 1.15. The van der Waals surface area contributed by atoms with Crippen molar-refractivity contribution in [1.82, 2.24) is 10.9 Å². The highest BCUT2D eigenvalue weighted by atomic mass is 15.3. The minimum Gasteiger partial charge on any atom is -0.258 e. The standard InChI is InChI=1S/C7H18N2/c1-4-7(3)6-9-8-5-2/h7-9H,4-6H2,1-3H3. The molecular formula is C7H18N2. The fourth-order valence-electron chi connectivity index (χ4n) is 0.516. The summed E-state index contributed by atoms with van der Waals surface area (Å²) in [5, 5.41) is 0. The Kier molecular flexibility index (Phi) is 5.99. The van der Waals surface area contributed by atoms with Gasteiger partial charge in [-0.25, -0.2) is 0 Å². The highest BCUT2D eigenvalue weighted by molar-refractivity contribution is 4.50. The van der Waals surface area contributed by atoms with E-state index in [2.05, 4.69) is 31.6 Å². The van der Waals surface area contributed by atoms with Crippen molar-refractivity contribution in [1.29, 1.82) is 0 Å². The largest absolute Gasteiger partial charge is 0.258 e. The second kappa shape index (κ2) is 6.05. The van der Waals surface area contributed by atoms with Crippen molar-refractivity contribution in [2.45, 2.75) is 27.2 Å². The van der Waals surface area contributed by atoms with Crippen molar-refractivity contribution in [3.8, 4) is 0 Å². The number of hydrogen-bond acceptors (Lipinski definition) is 2. The second-order valence-corrected chi connectivity index (χ2v) is 2.42. The Hall–Kier alpha value is -0.0800. The molecule has 0 radical (unpaired) electrons. The van der Waals surface area contributed by atoms with E-state index in [1.54, 1.807) is 0 Å². The van der Waals surface area contributed by atoms with Gasteiger partial charge in [0.2, 0.25) is 0 Å². The zero-order chi connectivity index (χ0) is 7.11. The number of hydrazine groups is 1. The summed E-state index contributed by atoms with van der Waals surface area (Å²) in [5.74, 6) is 0.782. The van der Waals surface area contributed by atoms with E-state index in [0.717, 1.165) is 19.0 Å². The van der Waals surface area contributed by atoms with Gasteiger partial charge in [-0.15, -0.1) is 0 Å². The average molecular weight is 130 g/mol. The van der Waals surface area contributed by atoms with Crippen LogP contribution in [0.2, 0.25) is 0 Å². The minimum atomic E-state index is 0.782. The maximum absolute atomic E-state index is 3.14. The maximum atomic E-state index is 3.14. The summed E-state index contributed by atoms with van der Waals surface area (Å²) in [7, 11) is 0. The summed E-state index contributed by atoms with van der Waals surface area (Å²) in [5.41, 5.74) is 6.20. The monoisotopic (exact) mass is 130 g/mol. The molecule has 0 aromatic heterocycles. The van der Waals surface area contributed by atoms with Crippen LogP contribution >= 0.6 is 0 Å². The quantitative estimate of drug-likeness (QED) is 0.431. The summed E-state index contributed by atoms with van der Waals surface area (Å²) in [6.45, 7) is 8.60. The molecule has 0 saturated carbocycles. The molecule has 2 nitrogen and oxygen atoms in total. The van der Waals surface area contributed by atoms with Crippen LogP contribution < -0.4 is 10.9 Å². The van der Waals surface area contributed by atoms with E-state index in [4.69, 9.17) is 0 Å². The summed E-state index contributed by atoms with van der Waals surface area (Å²) >= 11 is 0. The Balaban J connectivity index is 2.88. The lowest BCUT2D eigenvalue weighted by Crippen LogP contribution is -2.34. The lowest BCUT2D eigenvalue weighted by Gasteiger charge is -2.09. The summed E-state index contributed by atoms with van der Waals surface area (Å²) < 4.78 is 0. The Labute approximate surface area is 58.0 Å². The minimum absolute atomic E-state index is 0.782. The molecule has 0 spiro atoms. The Morgan fingerprint density at radius 1 is 1.22 bits per heavy atom. The first-order valence-electron chi connectivity index (χ1n) is 3.77. The molecule has 0 aliphatic rings. The SMILES string of the molecule is CCNNCC(C)CC. The van der Waals surface area contributed by atoms with Gasteiger partial charge in [-0.05, 0) is 5.92 Å². The molecule has 0 fully saturated rings. The van der Waals surface area contributed by atoms with Gasteiger partial charge < -0.3 is 0 Å². The molecule has 0 aromatic rings. The summed E-state index contributed by atoms with van der Waals surface area (Å²) in [4.78, 5) is 0. The third-order valence-corrected chi connectivity index (χ3v) is 1.45. The smallest absolute Gasteiger partial charge is 0.0125 e. The van der Waals surface area contributed by atoms with Gasteiger partial charge in [-0.1, -0.05) is 27.2 Å². The van der Waals surface area contributed by atoms with Gasteiger partial charge in [-0.3, -0.25) is 10.9 Å². The fourth-order valence-corrected chi connectivity index (χ4v) is 0.516. The van der Waals surface area contributed by atoms with E-state index >= 15 is 0 Å². The summed E-state index contributed by atoms with van der Waals surface area (Å²) in [6, 6.07) is 0. The van der Waals surface area contributed by atoms with Gasteiger partial charge in [0.1, 0.15) is 0 Å². The molecular weight excluding hydrogens is 112 g/mol. The van der Waals surface area contributed by atoms with Crippen molar-refractivity contribution in [3.05, 3.63) is 0 Å².